The molecule has 0 atom stereocenters. The quantitative estimate of drug-likeness (QED) is 0.310. The third kappa shape index (κ3) is 4.58. The summed E-state index contributed by atoms with van der Waals surface area (Å²) in [5, 5.41) is 3.80. The van der Waals surface area contributed by atoms with Crippen molar-refractivity contribution in [1.82, 2.24) is 9.97 Å². The van der Waals surface area contributed by atoms with E-state index in [1.54, 1.807) is 24.8 Å². The number of amides is 1. The van der Waals surface area contributed by atoms with Gasteiger partial charge in [0.15, 0.2) is 0 Å². The SMILES string of the molecule is COc1ccc(N(Cc2cccs2)C(=O)CSc2ncnc3ccccc23)cc1. The van der Waals surface area contributed by atoms with Gasteiger partial charge in [0.05, 0.1) is 24.9 Å². The lowest BCUT2D eigenvalue weighted by Gasteiger charge is -2.22. The minimum Gasteiger partial charge on any atom is -0.497 e. The first-order valence-electron chi connectivity index (χ1n) is 9.04. The van der Waals surface area contributed by atoms with Crippen LogP contribution in [-0.2, 0) is 11.3 Å². The van der Waals surface area contributed by atoms with E-state index in [-0.39, 0.29) is 5.91 Å². The number of thiophene rings is 1. The van der Waals surface area contributed by atoms with Crippen molar-refractivity contribution in [2.45, 2.75) is 11.6 Å². The zero-order valence-corrected chi connectivity index (χ0v) is 17.5. The molecule has 4 aromatic rings. The van der Waals surface area contributed by atoms with Crippen molar-refractivity contribution in [3.05, 3.63) is 77.2 Å². The van der Waals surface area contributed by atoms with Crippen molar-refractivity contribution in [2.75, 3.05) is 17.8 Å². The van der Waals surface area contributed by atoms with Gasteiger partial charge >= 0.3 is 0 Å². The third-order valence-corrected chi connectivity index (χ3v) is 6.27. The van der Waals surface area contributed by atoms with Crippen LogP contribution in [-0.4, -0.2) is 28.7 Å². The number of aromatic nitrogens is 2. The predicted molar refractivity (Wildman–Crippen MR) is 119 cm³/mol. The van der Waals surface area contributed by atoms with Crippen molar-refractivity contribution in [3.63, 3.8) is 0 Å². The van der Waals surface area contributed by atoms with E-state index in [0.29, 0.717) is 12.3 Å². The molecule has 0 saturated carbocycles. The average Bonchev–Trinajstić information content (AvgIpc) is 3.29. The van der Waals surface area contributed by atoms with Crippen LogP contribution in [0.5, 0.6) is 5.75 Å². The maximum Gasteiger partial charge on any atom is 0.237 e. The fraction of sp³-hybridized carbons (Fsp3) is 0.136. The molecule has 5 nitrogen and oxygen atoms in total. The lowest BCUT2D eigenvalue weighted by molar-refractivity contribution is -0.116. The molecule has 7 heteroatoms. The van der Waals surface area contributed by atoms with Gasteiger partial charge in [-0.15, -0.1) is 11.3 Å². The van der Waals surface area contributed by atoms with E-state index in [9.17, 15) is 4.79 Å². The molecule has 2 aromatic heterocycles. The van der Waals surface area contributed by atoms with E-state index in [2.05, 4.69) is 9.97 Å². The Morgan fingerprint density at radius 2 is 1.90 bits per heavy atom. The summed E-state index contributed by atoms with van der Waals surface area (Å²) < 4.78 is 5.24. The molecule has 0 fully saturated rings. The Balaban J connectivity index is 1.55. The third-order valence-electron chi connectivity index (χ3n) is 4.42. The zero-order valence-electron chi connectivity index (χ0n) is 15.8. The van der Waals surface area contributed by atoms with Crippen LogP contribution in [0.3, 0.4) is 0 Å². The summed E-state index contributed by atoms with van der Waals surface area (Å²) in [5.74, 6) is 1.08. The number of rotatable bonds is 7. The second kappa shape index (κ2) is 9.07. The molecule has 1 amide bonds. The van der Waals surface area contributed by atoms with E-state index in [4.69, 9.17) is 4.74 Å². The van der Waals surface area contributed by atoms with Crippen LogP contribution in [0.25, 0.3) is 10.9 Å². The number of carbonyl (C=O) groups excluding carboxylic acids is 1. The van der Waals surface area contributed by atoms with Crippen LogP contribution in [0.1, 0.15) is 4.88 Å². The van der Waals surface area contributed by atoms with Gasteiger partial charge < -0.3 is 9.64 Å². The number of thioether (sulfide) groups is 1. The van der Waals surface area contributed by atoms with Gasteiger partial charge in [-0.2, -0.15) is 0 Å². The van der Waals surface area contributed by atoms with E-state index in [1.165, 1.54) is 11.8 Å². The van der Waals surface area contributed by atoms with E-state index in [1.807, 2.05) is 70.9 Å². The maximum absolute atomic E-state index is 13.2. The molecule has 0 bridgehead atoms. The Bertz CT molecular complexity index is 1090. The zero-order chi connectivity index (χ0) is 20.1. The van der Waals surface area contributed by atoms with E-state index in [0.717, 1.165) is 32.2 Å². The summed E-state index contributed by atoms with van der Waals surface area (Å²) in [6.45, 7) is 0.536. The van der Waals surface area contributed by atoms with Gasteiger partial charge in [-0.3, -0.25) is 4.79 Å². The second-order valence-corrected chi connectivity index (χ2v) is 8.24. The molecule has 0 unspecified atom stereocenters. The molecule has 29 heavy (non-hydrogen) atoms. The molecule has 0 aliphatic carbocycles. The number of hydrogen-bond donors (Lipinski definition) is 0. The number of anilines is 1. The molecule has 0 aliphatic heterocycles. The monoisotopic (exact) mass is 421 g/mol. The van der Waals surface area contributed by atoms with Crippen molar-refractivity contribution in [3.8, 4) is 5.75 Å². The molecule has 2 aromatic carbocycles. The first-order chi connectivity index (χ1) is 14.2. The summed E-state index contributed by atoms with van der Waals surface area (Å²) in [7, 11) is 1.63. The summed E-state index contributed by atoms with van der Waals surface area (Å²) in [6.07, 6.45) is 1.54. The minimum absolute atomic E-state index is 0.0243. The Morgan fingerprint density at radius 1 is 1.07 bits per heavy atom. The number of hydrogen-bond acceptors (Lipinski definition) is 6. The largest absolute Gasteiger partial charge is 0.497 e. The topological polar surface area (TPSA) is 55.3 Å². The molecule has 0 spiro atoms. The Kier molecular flexibility index (Phi) is 6.07. The van der Waals surface area contributed by atoms with Crippen molar-refractivity contribution in [1.29, 1.82) is 0 Å². The Labute approximate surface area is 177 Å². The van der Waals surface area contributed by atoms with Crippen LogP contribution >= 0.6 is 23.1 Å². The van der Waals surface area contributed by atoms with Crippen molar-refractivity contribution >= 4 is 45.6 Å². The highest BCUT2D eigenvalue weighted by atomic mass is 32.2. The van der Waals surface area contributed by atoms with Crippen LogP contribution in [0.2, 0.25) is 0 Å². The average molecular weight is 422 g/mol. The fourth-order valence-corrected chi connectivity index (χ4v) is 4.51. The number of benzene rings is 2. The normalized spacial score (nSPS) is 10.8. The van der Waals surface area contributed by atoms with Gasteiger partial charge in [0.25, 0.3) is 0 Å². The highest BCUT2D eigenvalue weighted by molar-refractivity contribution is 8.00. The molecule has 0 aliphatic rings. The molecule has 0 N–H and O–H groups in total. The predicted octanol–water partition coefficient (Wildman–Crippen LogP) is 5.03. The van der Waals surface area contributed by atoms with Gasteiger partial charge in [-0.25, -0.2) is 9.97 Å². The van der Waals surface area contributed by atoms with Crippen LogP contribution in [0.15, 0.2) is 77.4 Å². The summed E-state index contributed by atoms with van der Waals surface area (Å²) in [6, 6.07) is 19.4. The number of nitrogens with zero attached hydrogens (tertiary/aromatic N) is 3. The first kappa shape index (κ1) is 19.4. The van der Waals surface area contributed by atoms with Gasteiger partial charge in [0.2, 0.25) is 5.91 Å². The number of carbonyl (C=O) groups is 1. The second-order valence-electron chi connectivity index (χ2n) is 6.24. The first-order valence-corrected chi connectivity index (χ1v) is 10.9. The number of fused-ring (bicyclic) bond motifs is 1. The molecule has 0 saturated heterocycles. The van der Waals surface area contributed by atoms with Crippen molar-refractivity contribution < 1.29 is 9.53 Å². The summed E-state index contributed by atoms with van der Waals surface area (Å²) in [5.41, 5.74) is 1.72. The standard InChI is InChI=1S/C22H19N3O2S2/c1-27-17-10-8-16(9-11-17)25(13-18-5-4-12-28-18)21(26)14-29-22-19-6-2-3-7-20(19)23-15-24-22/h2-12,15H,13-14H2,1H3. The maximum atomic E-state index is 13.2. The molecular weight excluding hydrogens is 402 g/mol. The molecule has 0 radical (unpaired) electrons. The van der Waals surface area contributed by atoms with Gasteiger partial charge in [-0.1, -0.05) is 36.0 Å². The molecule has 2 heterocycles. The highest BCUT2D eigenvalue weighted by Crippen LogP contribution is 2.27. The lowest BCUT2D eigenvalue weighted by Crippen LogP contribution is -2.31. The summed E-state index contributed by atoms with van der Waals surface area (Å²) >= 11 is 3.08. The van der Waals surface area contributed by atoms with Crippen LogP contribution in [0.4, 0.5) is 5.69 Å². The van der Waals surface area contributed by atoms with Gasteiger partial charge in [-0.05, 0) is 41.8 Å². The Hall–Kier alpha value is -2.90. The minimum atomic E-state index is 0.0243. The fourth-order valence-electron chi connectivity index (χ4n) is 2.95. The van der Waals surface area contributed by atoms with Crippen LogP contribution < -0.4 is 9.64 Å². The number of ether oxygens (including phenoxy) is 1. The smallest absolute Gasteiger partial charge is 0.237 e. The molecule has 4 rings (SSSR count). The van der Waals surface area contributed by atoms with Crippen molar-refractivity contribution in [2.24, 2.45) is 0 Å². The Morgan fingerprint density at radius 3 is 2.66 bits per heavy atom. The number of methoxy groups -OCH3 is 1. The van der Waals surface area contributed by atoms with E-state index >= 15 is 0 Å². The lowest BCUT2D eigenvalue weighted by atomic mass is 10.2. The summed E-state index contributed by atoms with van der Waals surface area (Å²) in [4.78, 5) is 24.8. The van der Waals surface area contributed by atoms with Gasteiger partial charge in [0, 0.05) is 16.0 Å². The molecule has 146 valence electrons. The highest BCUT2D eigenvalue weighted by Gasteiger charge is 2.18. The van der Waals surface area contributed by atoms with E-state index < -0.39 is 0 Å². The van der Waals surface area contributed by atoms with Gasteiger partial charge in [0.1, 0.15) is 17.1 Å². The number of para-hydroxylation sites is 1. The van der Waals surface area contributed by atoms with Crippen LogP contribution in [0, 0.1) is 0 Å². The molecular formula is C22H19N3O2S2.